The van der Waals surface area contributed by atoms with E-state index in [0.717, 1.165) is 49.1 Å². The number of hydrogen-bond donors (Lipinski definition) is 0. The standard InChI is InChI=1S/C26H24N2O3.ClH/c29-25(21-10-5-7-19-6-1-2-8-20(19)21)23-18-28(13-12-27-14-16-31-17-15-27)24-11-4-3-9-22(24)26(23)30;/h1-11,18H,12-17H2;1H. The highest BCUT2D eigenvalue weighted by Crippen LogP contribution is 2.22. The lowest BCUT2D eigenvalue weighted by Gasteiger charge is -2.27. The Morgan fingerprint density at radius 2 is 1.50 bits per heavy atom. The second-order valence-electron chi connectivity index (χ2n) is 7.89. The molecule has 0 N–H and O–H groups in total. The summed E-state index contributed by atoms with van der Waals surface area (Å²) in [6, 6.07) is 21.0. The molecule has 1 fully saturated rings. The zero-order chi connectivity index (χ0) is 21.2. The minimum Gasteiger partial charge on any atom is -0.379 e. The van der Waals surface area contributed by atoms with Gasteiger partial charge in [-0.05, 0) is 22.9 Å². The van der Waals surface area contributed by atoms with Crippen LogP contribution in [0.4, 0.5) is 0 Å². The molecule has 0 aliphatic carbocycles. The van der Waals surface area contributed by atoms with Gasteiger partial charge in [0.2, 0.25) is 5.43 Å². The van der Waals surface area contributed by atoms with Crippen molar-refractivity contribution >= 4 is 39.9 Å². The summed E-state index contributed by atoms with van der Waals surface area (Å²) < 4.78 is 7.48. The Balaban J connectivity index is 0.00000245. The number of hydrogen-bond acceptors (Lipinski definition) is 4. The van der Waals surface area contributed by atoms with Gasteiger partial charge < -0.3 is 9.30 Å². The number of carbonyl (C=O) groups excluding carboxylic acids is 1. The number of ether oxygens (including phenoxy) is 1. The minimum atomic E-state index is -0.229. The number of morpholine rings is 1. The Bertz CT molecular complexity index is 1320. The highest BCUT2D eigenvalue weighted by molar-refractivity contribution is 6.17. The van der Waals surface area contributed by atoms with Gasteiger partial charge in [-0.1, -0.05) is 54.6 Å². The number of ketones is 1. The van der Waals surface area contributed by atoms with Crippen molar-refractivity contribution in [3.05, 3.63) is 94.3 Å². The van der Waals surface area contributed by atoms with Crippen LogP contribution in [0.1, 0.15) is 15.9 Å². The molecule has 5 nitrogen and oxygen atoms in total. The van der Waals surface area contributed by atoms with Gasteiger partial charge in [0.05, 0.1) is 24.3 Å². The van der Waals surface area contributed by atoms with Crippen LogP contribution in [0.3, 0.4) is 0 Å². The summed E-state index contributed by atoms with van der Waals surface area (Å²) >= 11 is 0. The van der Waals surface area contributed by atoms with Gasteiger partial charge in [0, 0.05) is 43.3 Å². The topological polar surface area (TPSA) is 51.5 Å². The van der Waals surface area contributed by atoms with E-state index in [9.17, 15) is 9.59 Å². The summed E-state index contributed by atoms with van der Waals surface area (Å²) in [4.78, 5) is 29.2. The summed E-state index contributed by atoms with van der Waals surface area (Å²) in [7, 11) is 0. The number of pyridine rings is 1. The average molecular weight is 449 g/mol. The number of para-hydroxylation sites is 1. The molecular weight excluding hydrogens is 424 g/mol. The number of fused-ring (bicyclic) bond motifs is 2. The van der Waals surface area contributed by atoms with Gasteiger partial charge in [-0.25, -0.2) is 0 Å². The van der Waals surface area contributed by atoms with E-state index in [2.05, 4.69) is 4.90 Å². The van der Waals surface area contributed by atoms with Crippen molar-refractivity contribution in [1.82, 2.24) is 9.47 Å². The van der Waals surface area contributed by atoms with Crippen LogP contribution in [-0.4, -0.2) is 48.1 Å². The first-order valence-corrected chi connectivity index (χ1v) is 10.7. The fraction of sp³-hybridized carbons (Fsp3) is 0.231. The smallest absolute Gasteiger partial charge is 0.200 e. The minimum absolute atomic E-state index is 0. The maximum absolute atomic E-state index is 13.5. The number of halogens is 1. The van der Waals surface area contributed by atoms with E-state index in [-0.39, 0.29) is 29.2 Å². The molecule has 164 valence electrons. The normalized spacial score (nSPS) is 14.4. The molecule has 4 aromatic rings. The molecule has 1 aromatic heterocycles. The van der Waals surface area contributed by atoms with E-state index in [1.807, 2.05) is 65.2 Å². The van der Waals surface area contributed by atoms with E-state index >= 15 is 0 Å². The summed E-state index contributed by atoms with van der Waals surface area (Å²) in [6.07, 6.45) is 1.75. The molecule has 0 atom stereocenters. The molecular formula is C26H25ClN2O3. The molecule has 1 aliphatic rings. The van der Waals surface area contributed by atoms with Crippen LogP contribution < -0.4 is 5.43 Å². The van der Waals surface area contributed by atoms with Crippen molar-refractivity contribution in [3.8, 4) is 0 Å². The lowest BCUT2D eigenvalue weighted by atomic mass is 9.97. The van der Waals surface area contributed by atoms with Crippen molar-refractivity contribution in [2.24, 2.45) is 0 Å². The number of benzene rings is 3. The van der Waals surface area contributed by atoms with Gasteiger partial charge in [0.1, 0.15) is 0 Å². The van der Waals surface area contributed by atoms with Crippen LogP contribution in [0.15, 0.2) is 77.7 Å². The Labute approximate surface area is 192 Å². The van der Waals surface area contributed by atoms with E-state index in [0.29, 0.717) is 17.5 Å². The largest absolute Gasteiger partial charge is 0.379 e. The quantitative estimate of drug-likeness (QED) is 0.430. The van der Waals surface area contributed by atoms with Crippen LogP contribution in [0.5, 0.6) is 0 Å². The van der Waals surface area contributed by atoms with Gasteiger partial charge in [0.15, 0.2) is 5.78 Å². The van der Waals surface area contributed by atoms with Crippen LogP contribution in [0.2, 0.25) is 0 Å². The van der Waals surface area contributed by atoms with Crippen molar-refractivity contribution < 1.29 is 9.53 Å². The molecule has 32 heavy (non-hydrogen) atoms. The fourth-order valence-electron chi connectivity index (χ4n) is 4.33. The summed E-state index contributed by atoms with van der Waals surface area (Å²) in [6.45, 7) is 4.85. The number of aromatic nitrogens is 1. The van der Waals surface area contributed by atoms with Gasteiger partial charge >= 0.3 is 0 Å². The van der Waals surface area contributed by atoms with Gasteiger partial charge in [0.25, 0.3) is 0 Å². The zero-order valence-corrected chi connectivity index (χ0v) is 18.5. The zero-order valence-electron chi connectivity index (χ0n) is 17.7. The maximum atomic E-state index is 13.5. The molecule has 0 unspecified atom stereocenters. The monoisotopic (exact) mass is 448 g/mol. The molecule has 0 radical (unpaired) electrons. The maximum Gasteiger partial charge on any atom is 0.200 e. The molecule has 0 bridgehead atoms. The Kier molecular flexibility index (Phi) is 6.70. The molecule has 0 saturated carbocycles. The van der Waals surface area contributed by atoms with E-state index in [1.54, 1.807) is 12.3 Å². The number of nitrogens with zero attached hydrogens (tertiary/aromatic N) is 2. The average Bonchev–Trinajstić information content (AvgIpc) is 2.83. The van der Waals surface area contributed by atoms with E-state index in [4.69, 9.17) is 4.74 Å². The van der Waals surface area contributed by atoms with Gasteiger partial charge in [-0.3, -0.25) is 14.5 Å². The fourth-order valence-corrected chi connectivity index (χ4v) is 4.33. The first kappa shape index (κ1) is 22.2. The van der Waals surface area contributed by atoms with Crippen molar-refractivity contribution in [2.45, 2.75) is 6.54 Å². The Morgan fingerprint density at radius 3 is 2.31 bits per heavy atom. The highest BCUT2D eigenvalue weighted by Gasteiger charge is 2.19. The third kappa shape index (κ3) is 4.19. The first-order valence-electron chi connectivity index (χ1n) is 10.7. The number of rotatable bonds is 5. The SMILES string of the molecule is Cl.O=C(c1cn(CCN2CCOCC2)c2ccccc2c1=O)c1cccc2ccccc12. The second kappa shape index (κ2) is 9.65. The number of carbonyl (C=O) groups is 1. The first-order chi connectivity index (χ1) is 15.2. The Hall–Kier alpha value is -2.99. The molecule has 1 saturated heterocycles. The molecule has 5 rings (SSSR count). The lowest BCUT2D eigenvalue weighted by Crippen LogP contribution is -2.38. The molecule has 0 amide bonds. The van der Waals surface area contributed by atoms with E-state index < -0.39 is 0 Å². The predicted molar refractivity (Wildman–Crippen MR) is 130 cm³/mol. The van der Waals surface area contributed by atoms with Crippen LogP contribution in [-0.2, 0) is 11.3 Å². The summed E-state index contributed by atoms with van der Waals surface area (Å²) in [5.74, 6) is -0.229. The molecule has 0 spiro atoms. The van der Waals surface area contributed by atoms with Gasteiger partial charge in [-0.15, -0.1) is 12.4 Å². The predicted octanol–water partition coefficient (Wildman–Crippen LogP) is 4.14. The third-order valence-electron chi connectivity index (χ3n) is 6.03. The summed E-state index contributed by atoms with van der Waals surface area (Å²) in [5.41, 5.74) is 1.42. The third-order valence-corrected chi connectivity index (χ3v) is 6.03. The molecule has 3 aromatic carbocycles. The van der Waals surface area contributed by atoms with Crippen molar-refractivity contribution in [1.29, 1.82) is 0 Å². The van der Waals surface area contributed by atoms with Crippen molar-refractivity contribution in [3.63, 3.8) is 0 Å². The summed E-state index contributed by atoms with van der Waals surface area (Å²) in [5, 5.41) is 2.43. The van der Waals surface area contributed by atoms with Crippen LogP contribution in [0.25, 0.3) is 21.7 Å². The van der Waals surface area contributed by atoms with Gasteiger partial charge in [-0.2, -0.15) is 0 Å². The molecule has 6 heteroatoms. The van der Waals surface area contributed by atoms with E-state index in [1.165, 1.54) is 0 Å². The Morgan fingerprint density at radius 1 is 0.812 bits per heavy atom. The second-order valence-corrected chi connectivity index (χ2v) is 7.89. The molecule has 2 heterocycles. The van der Waals surface area contributed by atoms with Crippen LogP contribution >= 0.6 is 12.4 Å². The molecule has 1 aliphatic heterocycles. The lowest BCUT2D eigenvalue weighted by molar-refractivity contribution is 0.0365. The highest BCUT2D eigenvalue weighted by atomic mass is 35.5. The van der Waals surface area contributed by atoms with Crippen molar-refractivity contribution in [2.75, 3.05) is 32.8 Å². The van der Waals surface area contributed by atoms with Crippen LogP contribution in [0, 0.1) is 0 Å².